The van der Waals surface area contributed by atoms with E-state index in [0.29, 0.717) is 0 Å². The maximum absolute atomic E-state index is 13.0. The summed E-state index contributed by atoms with van der Waals surface area (Å²) in [6.45, 7) is 1.08. The molecule has 0 unspecified atom stereocenters. The quantitative estimate of drug-likeness (QED) is 0.724. The van der Waals surface area contributed by atoms with Gasteiger partial charge in [-0.15, -0.1) is 0 Å². The third-order valence-electron chi connectivity index (χ3n) is 1.68. The molecule has 0 spiro atoms. The van der Waals surface area contributed by atoms with Crippen molar-refractivity contribution < 1.29 is 13.9 Å². The fourth-order valence-electron chi connectivity index (χ4n) is 0.902. The van der Waals surface area contributed by atoms with Crippen LogP contribution in [0.3, 0.4) is 0 Å². The second-order valence-corrected chi connectivity index (χ2v) is 2.66. The van der Waals surface area contributed by atoms with Crippen molar-refractivity contribution in [1.82, 2.24) is 0 Å². The third kappa shape index (κ3) is 1.61. The zero-order valence-electron chi connectivity index (χ0n) is 6.67. The zero-order valence-corrected chi connectivity index (χ0v) is 6.67. The first kappa shape index (κ1) is 9.13. The molecule has 0 amide bonds. The summed E-state index contributed by atoms with van der Waals surface area (Å²) in [6.07, 6.45) is -1.65. The van der Waals surface area contributed by atoms with Gasteiger partial charge < -0.3 is 5.11 Å². The molecule has 1 aromatic rings. The lowest BCUT2D eigenvalue weighted by Gasteiger charge is -2.19. The van der Waals surface area contributed by atoms with Crippen molar-refractivity contribution in [2.45, 2.75) is 19.0 Å². The molecule has 1 N–H and O–H groups in total. The molecular weight excluding hydrogens is 162 g/mol. The summed E-state index contributed by atoms with van der Waals surface area (Å²) < 4.78 is 26.1. The van der Waals surface area contributed by atoms with Crippen LogP contribution in [0, 0.1) is 0 Å². The highest BCUT2D eigenvalue weighted by atomic mass is 19.3. The van der Waals surface area contributed by atoms with Gasteiger partial charge in [-0.25, -0.2) is 0 Å². The summed E-state index contributed by atoms with van der Waals surface area (Å²) in [7, 11) is 0. The first-order chi connectivity index (χ1) is 5.55. The molecule has 1 atom stereocenters. The van der Waals surface area contributed by atoms with Gasteiger partial charge in [-0.2, -0.15) is 8.78 Å². The number of benzene rings is 1. The van der Waals surface area contributed by atoms with Crippen LogP contribution in [0.5, 0.6) is 0 Å². The van der Waals surface area contributed by atoms with Gasteiger partial charge in [0.15, 0.2) is 0 Å². The summed E-state index contributed by atoms with van der Waals surface area (Å²) in [5.41, 5.74) is -0.153. The van der Waals surface area contributed by atoms with E-state index >= 15 is 0 Å². The van der Waals surface area contributed by atoms with E-state index in [1.807, 2.05) is 0 Å². The average molecular weight is 172 g/mol. The van der Waals surface area contributed by atoms with Gasteiger partial charge in [0.2, 0.25) is 0 Å². The number of halogens is 2. The summed E-state index contributed by atoms with van der Waals surface area (Å²) in [5.74, 6) is -3.15. The molecule has 0 aliphatic heterocycles. The summed E-state index contributed by atoms with van der Waals surface area (Å²) >= 11 is 0. The van der Waals surface area contributed by atoms with Crippen molar-refractivity contribution in [1.29, 1.82) is 0 Å². The predicted molar refractivity (Wildman–Crippen MR) is 42.0 cm³/mol. The molecule has 1 aromatic carbocycles. The normalized spacial score (nSPS) is 14.3. The molecule has 12 heavy (non-hydrogen) atoms. The van der Waals surface area contributed by atoms with Crippen LogP contribution in [0.1, 0.15) is 12.5 Å². The second kappa shape index (κ2) is 3.19. The van der Waals surface area contributed by atoms with Crippen molar-refractivity contribution in [3.63, 3.8) is 0 Å². The minimum Gasteiger partial charge on any atom is -0.387 e. The molecule has 0 saturated carbocycles. The van der Waals surface area contributed by atoms with Crippen LogP contribution in [-0.2, 0) is 5.92 Å². The van der Waals surface area contributed by atoms with Gasteiger partial charge in [-0.05, 0) is 6.92 Å². The van der Waals surface area contributed by atoms with Crippen molar-refractivity contribution in [2.75, 3.05) is 0 Å². The highest BCUT2D eigenvalue weighted by molar-refractivity contribution is 5.20. The minimum absolute atomic E-state index is 0.153. The van der Waals surface area contributed by atoms with Crippen LogP contribution in [-0.4, -0.2) is 11.2 Å². The monoisotopic (exact) mass is 172 g/mol. The first-order valence-corrected chi connectivity index (χ1v) is 3.66. The molecule has 0 aliphatic carbocycles. The number of hydrogen-bond donors (Lipinski definition) is 1. The molecule has 0 radical (unpaired) electrons. The van der Waals surface area contributed by atoms with Crippen molar-refractivity contribution in [3.05, 3.63) is 35.9 Å². The smallest absolute Gasteiger partial charge is 0.298 e. The third-order valence-corrected chi connectivity index (χ3v) is 1.68. The van der Waals surface area contributed by atoms with E-state index in [0.717, 1.165) is 6.92 Å². The van der Waals surface area contributed by atoms with Crippen LogP contribution in [0.25, 0.3) is 0 Å². The maximum Gasteiger partial charge on any atom is 0.298 e. The van der Waals surface area contributed by atoms with E-state index in [9.17, 15) is 8.78 Å². The van der Waals surface area contributed by atoms with E-state index in [-0.39, 0.29) is 5.56 Å². The number of rotatable bonds is 2. The van der Waals surface area contributed by atoms with Crippen LogP contribution in [0.15, 0.2) is 30.3 Å². The molecule has 1 nitrogen and oxygen atoms in total. The van der Waals surface area contributed by atoms with Gasteiger partial charge in [0.1, 0.15) is 6.10 Å². The highest BCUT2D eigenvalue weighted by Gasteiger charge is 2.36. The molecular formula is C9H10F2O. The number of alkyl halides is 2. The first-order valence-electron chi connectivity index (χ1n) is 3.66. The predicted octanol–water partition coefficient (Wildman–Crippen LogP) is 2.16. The molecule has 66 valence electrons. The number of aliphatic hydroxyl groups excluding tert-OH is 1. The maximum atomic E-state index is 13.0. The minimum atomic E-state index is -3.15. The van der Waals surface area contributed by atoms with Crippen molar-refractivity contribution in [3.8, 4) is 0 Å². The largest absolute Gasteiger partial charge is 0.387 e. The molecule has 1 rings (SSSR count). The van der Waals surface area contributed by atoms with Gasteiger partial charge in [-0.3, -0.25) is 0 Å². The Morgan fingerprint density at radius 2 is 1.75 bits per heavy atom. The Hall–Kier alpha value is -0.960. The van der Waals surface area contributed by atoms with Gasteiger partial charge >= 0.3 is 0 Å². The van der Waals surface area contributed by atoms with E-state index < -0.39 is 12.0 Å². The lowest BCUT2D eigenvalue weighted by atomic mass is 10.0. The Labute approximate surface area is 69.7 Å². The standard InChI is InChI=1S/C9H10F2O/c1-7(12)9(10,11)8-5-3-2-4-6-8/h2-7,12H,1H3/t7-/m0/s1. The Bertz CT molecular complexity index is 244. The fourth-order valence-corrected chi connectivity index (χ4v) is 0.902. The molecule has 0 heterocycles. The van der Waals surface area contributed by atoms with Crippen LogP contribution in [0.2, 0.25) is 0 Å². The average Bonchev–Trinajstić information content (AvgIpc) is 2.06. The fraction of sp³-hybridized carbons (Fsp3) is 0.333. The Morgan fingerprint density at radius 1 is 1.25 bits per heavy atom. The summed E-state index contributed by atoms with van der Waals surface area (Å²) in [4.78, 5) is 0. The SMILES string of the molecule is C[C@H](O)C(F)(F)c1ccccc1. The van der Waals surface area contributed by atoms with Gasteiger partial charge in [0.25, 0.3) is 5.92 Å². The lowest BCUT2D eigenvalue weighted by molar-refractivity contribution is -0.106. The topological polar surface area (TPSA) is 20.2 Å². The van der Waals surface area contributed by atoms with Gasteiger partial charge in [0, 0.05) is 5.56 Å². The molecule has 0 saturated heterocycles. The highest BCUT2D eigenvalue weighted by Crippen LogP contribution is 2.30. The number of hydrogen-bond acceptors (Lipinski definition) is 1. The molecule has 0 aliphatic rings. The van der Waals surface area contributed by atoms with Gasteiger partial charge in [-0.1, -0.05) is 30.3 Å². The Morgan fingerprint density at radius 3 is 2.17 bits per heavy atom. The van der Waals surface area contributed by atoms with Crippen molar-refractivity contribution >= 4 is 0 Å². The van der Waals surface area contributed by atoms with Crippen LogP contribution < -0.4 is 0 Å². The number of aliphatic hydroxyl groups is 1. The van der Waals surface area contributed by atoms with E-state index in [1.165, 1.54) is 24.3 Å². The van der Waals surface area contributed by atoms with E-state index in [4.69, 9.17) is 5.11 Å². The Kier molecular flexibility index (Phi) is 2.43. The van der Waals surface area contributed by atoms with Crippen LogP contribution in [0.4, 0.5) is 8.78 Å². The Balaban J connectivity index is 2.98. The molecule has 0 fully saturated rings. The zero-order chi connectivity index (χ0) is 9.19. The second-order valence-electron chi connectivity index (χ2n) is 2.66. The van der Waals surface area contributed by atoms with Crippen LogP contribution >= 0.6 is 0 Å². The van der Waals surface area contributed by atoms with E-state index in [2.05, 4.69) is 0 Å². The van der Waals surface area contributed by atoms with Gasteiger partial charge in [0.05, 0.1) is 0 Å². The summed E-state index contributed by atoms with van der Waals surface area (Å²) in [5, 5.41) is 8.78. The van der Waals surface area contributed by atoms with Crippen molar-refractivity contribution in [2.24, 2.45) is 0 Å². The molecule has 0 bridgehead atoms. The van der Waals surface area contributed by atoms with E-state index in [1.54, 1.807) is 6.07 Å². The molecule has 3 heteroatoms. The molecule has 0 aromatic heterocycles. The summed E-state index contributed by atoms with van der Waals surface area (Å²) in [6, 6.07) is 7.29. The lowest BCUT2D eigenvalue weighted by Crippen LogP contribution is -2.27.